The minimum absolute atomic E-state index is 0.0859. The molecule has 2 aromatic rings. The summed E-state index contributed by atoms with van der Waals surface area (Å²) in [5, 5.41) is 4.44. The molecule has 0 bridgehead atoms. The second-order valence-corrected chi connectivity index (χ2v) is 9.55. The van der Waals surface area contributed by atoms with Crippen molar-refractivity contribution in [2.75, 3.05) is 6.54 Å². The van der Waals surface area contributed by atoms with Crippen LogP contribution in [0, 0.1) is 19.8 Å². The Balaban J connectivity index is 1.76. The van der Waals surface area contributed by atoms with Crippen LogP contribution in [-0.4, -0.2) is 26.1 Å². The van der Waals surface area contributed by atoms with Gasteiger partial charge in [0.15, 0.2) is 5.11 Å². The van der Waals surface area contributed by atoms with E-state index in [0.29, 0.717) is 12.0 Å². The van der Waals surface area contributed by atoms with E-state index in [1.807, 2.05) is 12.3 Å². The predicted octanol–water partition coefficient (Wildman–Crippen LogP) is 5.63. The summed E-state index contributed by atoms with van der Waals surface area (Å²) in [7, 11) is 0. The van der Waals surface area contributed by atoms with Crippen molar-refractivity contribution in [2.24, 2.45) is 5.92 Å². The van der Waals surface area contributed by atoms with E-state index in [-0.39, 0.29) is 12.1 Å². The molecule has 2 aromatic heterocycles. The fourth-order valence-corrected chi connectivity index (χ4v) is 5.65. The average molecular weight is 411 g/mol. The number of aryl methyl sites for hydroxylation is 1. The molecule has 4 nitrogen and oxygen atoms in total. The lowest BCUT2D eigenvalue weighted by Gasteiger charge is -2.30. The molecule has 2 aliphatic rings. The molecule has 2 atom stereocenters. The van der Waals surface area contributed by atoms with Gasteiger partial charge in [-0.15, -0.1) is 0 Å². The van der Waals surface area contributed by atoms with E-state index in [1.165, 1.54) is 49.1 Å². The van der Waals surface area contributed by atoms with Crippen molar-refractivity contribution in [1.82, 2.24) is 19.8 Å². The van der Waals surface area contributed by atoms with E-state index < -0.39 is 0 Å². The quantitative estimate of drug-likeness (QED) is 0.647. The molecule has 1 aliphatic heterocycles. The molecular formula is C24H34N4S. The first-order valence-electron chi connectivity index (χ1n) is 11.1. The van der Waals surface area contributed by atoms with Crippen molar-refractivity contribution in [3.05, 3.63) is 53.1 Å². The van der Waals surface area contributed by atoms with Crippen molar-refractivity contribution < 1.29 is 0 Å². The summed E-state index contributed by atoms with van der Waals surface area (Å²) in [4.78, 5) is 7.07. The zero-order valence-corrected chi connectivity index (χ0v) is 19.0. The highest BCUT2D eigenvalue weighted by Gasteiger charge is 2.41. The molecule has 0 radical (unpaired) electrons. The molecule has 1 saturated carbocycles. The van der Waals surface area contributed by atoms with E-state index in [4.69, 9.17) is 12.2 Å². The van der Waals surface area contributed by atoms with E-state index in [0.717, 1.165) is 17.4 Å². The molecule has 0 amide bonds. The van der Waals surface area contributed by atoms with Gasteiger partial charge in [-0.05, 0) is 68.6 Å². The Morgan fingerprint density at radius 2 is 1.93 bits per heavy atom. The number of rotatable bonds is 5. The molecule has 2 fully saturated rings. The number of nitrogens with one attached hydrogen (secondary N) is 1. The second-order valence-electron chi connectivity index (χ2n) is 9.16. The van der Waals surface area contributed by atoms with Crippen LogP contribution in [0.2, 0.25) is 0 Å². The van der Waals surface area contributed by atoms with E-state index >= 15 is 0 Å². The van der Waals surface area contributed by atoms with Gasteiger partial charge in [0.1, 0.15) is 0 Å². The summed E-state index contributed by atoms with van der Waals surface area (Å²) in [5.41, 5.74) is 5.25. The Labute approximate surface area is 180 Å². The summed E-state index contributed by atoms with van der Waals surface area (Å²) < 4.78 is 2.61. The number of nitrogens with zero attached hydrogens (tertiary/aromatic N) is 3. The van der Waals surface area contributed by atoms with Crippen LogP contribution in [0.5, 0.6) is 0 Å². The minimum Gasteiger partial charge on any atom is -0.352 e. The van der Waals surface area contributed by atoms with Gasteiger partial charge in [-0.2, -0.15) is 0 Å². The summed E-state index contributed by atoms with van der Waals surface area (Å²) in [6, 6.07) is 9.49. The van der Waals surface area contributed by atoms with Crippen LogP contribution in [0.25, 0.3) is 0 Å². The molecular weight excluding hydrogens is 376 g/mol. The monoisotopic (exact) mass is 410 g/mol. The number of aromatic nitrogens is 2. The molecule has 0 unspecified atom stereocenters. The number of hydrogen-bond donors (Lipinski definition) is 1. The number of thiocarbonyl (C=S) groups is 1. The normalized spacial score (nSPS) is 23.1. The van der Waals surface area contributed by atoms with Gasteiger partial charge in [-0.3, -0.25) is 4.98 Å². The van der Waals surface area contributed by atoms with Crippen LogP contribution in [-0.2, 0) is 0 Å². The Morgan fingerprint density at radius 3 is 2.59 bits per heavy atom. The van der Waals surface area contributed by atoms with Gasteiger partial charge in [0.25, 0.3) is 0 Å². The molecule has 4 rings (SSSR count). The first-order chi connectivity index (χ1) is 14.0. The van der Waals surface area contributed by atoms with Crippen LogP contribution >= 0.6 is 12.2 Å². The maximum atomic E-state index is 5.80. The van der Waals surface area contributed by atoms with E-state index in [9.17, 15) is 0 Å². The SMILES string of the molecule is Cc1cc([C@H]2[C@H](c3ccccn3)NC(=S)N2CC(C)C)c(C)n1C1CCCCC1. The molecule has 3 heterocycles. The topological polar surface area (TPSA) is 33.1 Å². The van der Waals surface area contributed by atoms with Crippen LogP contribution in [0.15, 0.2) is 30.5 Å². The molecule has 1 N–H and O–H groups in total. The van der Waals surface area contributed by atoms with E-state index in [1.54, 1.807) is 0 Å². The van der Waals surface area contributed by atoms with Crippen molar-refractivity contribution >= 4 is 17.3 Å². The van der Waals surface area contributed by atoms with Crippen molar-refractivity contribution in [3.8, 4) is 0 Å². The van der Waals surface area contributed by atoms with E-state index in [2.05, 4.69) is 65.7 Å². The van der Waals surface area contributed by atoms with Gasteiger partial charge in [0, 0.05) is 30.2 Å². The van der Waals surface area contributed by atoms with Crippen molar-refractivity contribution in [2.45, 2.75) is 77.9 Å². The maximum absolute atomic E-state index is 5.80. The zero-order chi connectivity index (χ0) is 20.5. The molecule has 1 saturated heterocycles. The van der Waals surface area contributed by atoms with Gasteiger partial charge >= 0.3 is 0 Å². The number of pyridine rings is 1. The van der Waals surface area contributed by atoms with Crippen LogP contribution < -0.4 is 5.32 Å². The lowest BCUT2D eigenvalue weighted by molar-refractivity contribution is 0.285. The lowest BCUT2D eigenvalue weighted by Crippen LogP contribution is -2.33. The fraction of sp³-hybridized carbons (Fsp3) is 0.583. The minimum atomic E-state index is 0.0859. The Kier molecular flexibility index (Phi) is 5.95. The first kappa shape index (κ1) is 20.4. The molecule has 0 aromatic carbocycles. The van der Waals surface area contributed by atoms with Gasteiger partial charge in [0.2, 0.25) is 0 Å². The van der Waals surface area contributed by atoms with Gasteiger partial charge in [-0.25, -0.2) is 0 Å². The fourth-order valence-electron chi connectivity index (χ4n) is 5.34. The third kappa shape index (κ3) is 3.94. The largest absolute Gasteiger partial charge is 0.352 e. The van der Waals surface area contributed by atoms with Crippen molar-refractivity contribution in [1.29, 1.82) is 0 Å². The predicted molar refractivity (Wildman–Crippen MR) is 123 cm³/mol. The summed E-state index contributed by atoms with van der Waals surface area (Å²) in [5.74, 6) is 0.543. The van der Waals surface area contributed by atoms with Gasteiger partial charge in [-0.1, -0.05) is 39.2 Å². The Bertz CT molecular complexity index is 851. The molecule has 0 spiro atoms. The summed E-state index contributed by atoms with van der Waals surface area (Å²) in [6.45, 7) is 10.1. The average Bonchev–Trinajstić information content (AvgIpc) is 3.18. The third-order valence-corrected chi connectivity index (χ3v) is 6.89. The third-order valence-electron chi connectivity index (χ3n) is 6.54. The molecule has 5 heteroatoms. The highest BCUT2D eigenvalue weighted by atomic mass is 32.1. The van der Waals surface area contributed by atoms with Gasteiger partial charge < -0.3 is 14.8 Å². The standard InChI is InChI=1S/C24H34N4S/c1-16(2)15-27-23(22(26-24(27)29)21-12-8-9-13-25-21)20-14-17(3)28(18(20)4)19-10-6-5-7-11-19/h8-9,12-14,16,19,22-23H,5-7,10-11,15H2,1-4H3,(H,26,29)/t22-,23-/m0/s1. The Hall–Kier alpha value is -1.88. The molecule has 1 aliphatic carbocycles. The highest BCUT2D eigenvalue weighted by Crippen LogP contribution is 2.42. The highest BCUT2D eigenvalue weighted by molar-refractivity contribution is 7.80. The first-order valence-corrected chi connectivity index (χ1v) is 11.5. The second kappa shape index (κ2) is 8.47. The summed E-state index contributed by atoms with van der Waals surface area (Å²) >= 11 is 5.80. The number of hydrogen-bond acceptors (Lipinski definition) is 2. The summed E-state index contributed by atoms with van der Waals surface area (Å²) in [6.07, 6.45) is 8.57. The van der Waals surface area contributed by atoms with Gasteiger partial charge in [0.05, 0.1) is 17.8 Å². The zero-order valence-electron chi connectivity index (χ0n) is 18.2. The van der Waals surface area contributed by atoms with Crippen LogP contribution in [0.1, 0.15) is 86.7 Å². The molecule has 156 valence electrons. The van der Waals surface area contributed by atoms with Crippen LogP contribution in [0.4, 0.5) is 0 Å². The van der Waals surface area contributed by atoms with Crippen molar-refractivity contribution in [3.63, 3.8) is 0 Å². The van der Waals surface area contributed by atoms with Crippen LogP contribution in [0.3, 0.4) is 0 Å². The maximum Gasteiger partial charge on any atom is 0.170 e. The smallest absolute Gasteiger partial charge is 0.170 e. The lowest BCUT2D eigenvalue weighted by atomic mass is 9.94. The Morgan fingerprint density at radius 1 is 1.17 bits per heavy atom. The molecule has 29 heavy (non-hydrogen) atoms.